The van der Waals surface area contributed by atoms with Gasteiger partial charge in [0.2, 0.25) is 0 Å². The van der Waals surface area contributed by atoms with Gasteiger partial charge >= 0.3 is 0 Å². The molecule has 0 fully saturated rings. The van der Waals surface area contributed by atoms with Gasteiger partial charge in [0.05, 0.1) is 5.56 Å². The SMILES string of the molecule is Cn1cc(C#CCOc2ccccc2)c(C(=O)NN)n1. The number of nitrogens with zero attached hydrogens (tertiary/aromatic N) is 2. The van der Waals surface area contributed by atoms with Gasteiger partial charge in [-0.25, -0.2) is 5.84 Å². The van der Waals surface area contributed by atoms with E-state index in [1.165, 1.54) is 4.68 Å². The minimum Gasteiger partial charge on any atom is -0.481 e. The summed E-state index contributed by atoms with van der Waals surface area (Å²) < 4.78 is 6.94. The summed E-state index contributed by atoms with van der Waals surface area (Å²) in [6.07, 6.45) is 1.65. The van der Waals surface area contributed by atoms with Crippen LogP contribution in [0.1, 0.15) is 16.1 Å². The molecule has 6 heteroatoms. The number of aromatic nitrogens is 2. The Hall–Kier alpha value is -2.78. The van der Waals surface area contributed by atoms with E-state index in [0.29, 0.717) is 5.56 Å². The van der Waals surface area contributed by atoms with E-state index in [-0.39, 0.29) is 12.3 Å². The maximum Gasteiger partial charge on any atom is 0.286 e. The number of amides is 1. The number of rotatable bonds is 3. The standard InChI is InChI=1S/C14H14N4O2/c1-18-10-11(13(17-18)14(19)16-15)6-5-9-20-12-7-3-2-4-8-12/h2-4,7-8,10H,9,15H2,1H3,(H,16,19). The second-order valence-corrected chi connectivity index (χ2v) is 3.94. The van der Waals surface area contributed by atoms with E-state index < -0.39 is 5.91 Å². The lowest BCUT2D eigenvalue weighted by Crippen LogP contribution is -2.31. The summed E-state index contributed by atoms with van der Waals surface area (Å²) in [4.78, 5) is 11.5. The largest absolute Gasteiger partial charge is 0.481 e. The zero-order valence-electron chi connectivity index (χ0n) is 11.0. The van der Waals surface area contributed by atoms with E-state index in [2.05, 4.69) is 16.9 Å². The van der Waals surface area contributed by atoms with E-state index in [0.717, 1.165) is 5.75 Å². The molecule has 2 rings (SSSR count). The molecule has 0 saturated heterocycles. The number of benzene rings is 1. The van der Waals surface area contributed by atoms with Crippen molar-refractivity contribution >= 4 is 5.91 Å². The highest BCUT2D eigenvalue weighted by atomic mass is 16.5. The lowest BCUT2D eigenvalue weighted by molar-refractivity contribution is 0.0947. The Morgan fingerprint density at radius 2 is 2.20 bits per heavy atom. The molecule has 0 saturated carbocycles. The molecule has 0 aliphatic heterocycles. The molecule has 0 radical (unpaired) electrons. The van der Waals surface area contributed by atoms with Crippen LogP contribution in [0.3, 0.4) is 0 Å². The maximum absolute atomic E-state index is 11.5. The molecular formula is C14H14N4O2. The number of ether oxygens (including phenoxy) is 1. The first-order valence-electron chi connectivity index (χ1n) is 5.92. The average Bonchev–Trinajstić information content (AvgIpc) is 2.85. The first-order valence-corrected chi connectivity index (χ1v) is 5.92. The van der Waals surface area contributed by atoms with Crippen LogP contribution in [0, 0.1) is 11.8 Å². The average molecular weight is 270 g/mol. The first-order chi connectivity index (χ1) is 9.70. The molecule has 0 aliphatic carbocycles. The van der Waals surface area contributed by atoms with Gasteiger partial charge in [0.25, 0.3) is 5.91 Å². The number of nitrogen functional groups attached to an aromatic ring is 1. The Kier molecular flexibility index (Phi) is 4.37. The van der Waals surface area contributed by atoms with Crippen molar-refractivity contribution in [1.82, 2.24) is 15.2 Å². The molecule has 1 aromatic carbocycles. The highest BCUT2D eigenvalue weighted by molar-refractivity contribution is 5.94. The molecule has 1 heterocycles. The zero-order chi connectivity index (χ0) is 14.4. The van der Waals surface area contributed by atoms with Crippen LogP contribution in [-0.4, -0.2) is 22.3 Å². The number of para-hydroxylation sites is 1. The number of hydrazine groups is 1. The highest BCUT2D eigenvalue weighted by Crippen LogP contribution is 2.08. The molecule has 2 aromatic rings. The van der Waals surface area contributed by atoms with Gasteiger partial charge < -0.3 is 4.74 Å². The molecular weight excluding hydrogens is 256 g/mol. The predicted molar refractivity (Wildman–Crippen MR) is 73.7 cm³/mol. The van der Waals surface area contributed by atoms with Crippen LogP contribution in [0.25, 0.3) is 0 Å². The molecule has 3 N–H and O–H groups in total. The van der Waals surface area contributed by atoms with Crippen LogP contribution < -0.4 is 16.0 Å². The minimum atomic E-state index is -0.473. The number of nitrogens with two attached hydrogens (primary N) is 1. The normalized spacial score (nSPS) is 9.50. The summed E-state index contributed by atoms with van der Waals surface area (Å²) in [5.41, 5.74) is 2.74. The third-order valence-electron chi connectivity index (χ3n) is 2.45. The quantitative estimate of drug-likeness (QED) is 0.367. The van der Waals surface area contributed by atoms with E-state index in [1.54, 1.807) is 13.2 Å². The van der Waals surface area contributed by atoms with Crippen LogP contribution in [0.15, 0.2) is 36.5 Å². The van der Waals surface area contributed by atoms with Crippen molar-refractivity contribution in [2.45, 2.75) is 0 Å². The molecule has 0 unspecified atom stereocenters. The number of hydrogen-bond acceptors (Lipinski definition) is 4. The minimum absolute atomic E-state index is 0.196. The van der Waals surface area contributed by atoms with Crippen molar-refractivity contribution in [3.63, 3.8) is 0 Å². The fourth-order valence-electron chi connectivity index (χ4n) is 1.58. The highest BCUT2D eigenvalue weighted by Gasteiger charge is 2.13. The van der Waals surface area contributed by atoms with Gasteiger partial charge in [0.15, 0.2) is 5.69 Å². The third kappa shape index (κ3) is 3.37. The summed E-state index contributed by atoms with van der Waals surface area (Å²) >= 11 is 0. The van der Waals surface area contributed by atoms with Crippen LogP contribution in [0.2, 0.25) is 0 Å². The topological polar surface area (TPSA) is 82.2 Å². The fourth-order valence-corrected chi connectivity index (χ4v) is 1.58. The predicted octanol–water partition coefficient (Wildman–Crippen LogP) is 0.454. The molecule has 20 heavy (non-hydrogen) atoms. The Balaban J connectivity index is 2.04. The van der Waals surface area contributed by atoms with E-state index in [4.69, 9.17) is 10.6 Å². The van der Waals surface area contributed by atoms with Gasteiger partial charge in [0, 0.05) is 13.2 Å². The van der Waals surface area contributed by atoms with Crippen LogP contribution in [-0.2, 0) is 7.05 Å². The lowest BCUT2D eigenvalue weighted by atomic mass is 10.2. The monoisotopic (exact) mass is 270 g/mol. The smallest absolute Gasteiger partial charge is 0.286 e. The van der Waals surface area contributed by atoms with Gasteiger partial charge in [0.1, 0.15) is 12.4 Å². The van der Waals surface area contributed by atoms with E-state index in [1.807, 2.05) is 35.8 Å². The molecule has 0 aliphatic rings. The van der Waals surface area contributed by atoms with Crippen LogP contribution >= 0.6 is 0 Å². The van der Waals surface area contributed by atoms with Gasteiger partial charge in [-0.3, -0.25) is 14.9 Å². The van der Waals surface area contributed by atoms with Gasteiger partial charge in [-0.1, -0.05) is 30.0 Å². The van der Waals surface area contributed by atoms with Crippen LogP contribution in [0.5, 0.6) is 5.75 Å². The lowest BCUT2D eigenvalue weighted by Gasteiger charge is -1.99. The van der Waals surface area contributed by atoms with Crippen LogP contribution in [0.4, 0.5) is 0 Å². The maximum atomic E-state index is 11.5. The van der Waals surface area contributed by atoms with Gasteiger partial charge in [-0.15, -0.1) is 0 Å². The van der Waals surface area contributed by atoms with E-state index >= 15 is 0 Å². The van der Waals surface area contributed by atoms with Crippen molar-refractivity contribution in [1.29, 1.82) is 0 Å². The molecule has 0 spiro atoms. The van der Waals surface area contributed by atoms with E-state index in [9.17, 15) is 4.79 Å². The number of aryl methyl sites for hydroxylation is 1. The summed E-state index contributed by atoms with van der Waals surface area (Å²) in [6.45, 7) is 0.225. The third-order valence-corrected chi connectivity index (χ3v) is 2.45. The summed E-state index contributed by atoms with van der Waals surface area (Å²) in [5.74, 6) is 11.0. The summed E-state index contributed by atoms with van der Waals surface area (Å²) in [5, 5.41) is 4.00. The van der Waals surface area contributed by atoms with Crippen molar-refractivity contribution in [3.05, 3.63) is 47.8 Å². The number of carbonyl (C=O) groups is 1. The van der Waals surface area contributed by atoms with Crippen molar-refractivity contribution in [3.8, 4) is 17.6 Å². The second kappa shape index (κ2) is 6.41. The molecule has 0 atom stereocenters. The molecule has 1 amide bonds. The number of nitrogens with one attached hydrogen (secondary N) is 1. The van der Waals surface area contributed by atoms with Crippen molar-refractivity contribution in [2.75, 3.05) is 6.61 Å². The Morgan fingerprint density at radius 3 is 2.90 bits per heavy atom. The second-order valence-electron chi connectivity index (χ2n) is 3.94. The Bertz CT molecular complexity index is 653. The van der Waals surface area contributed by atoms with Crippen molar-refractivity contribution < 1.29 is 9.53 Å². The van der Waals surface area contributed by atoms with Gasteiger partial charge in [-0.2, -0.15) is 5.10 Å². The summed E-state index contributed by atoms with van der Waals surface area (Å²) in [6, 6.07) is 9.37. The fraction of sp³-hybridized carbons (Fsp3) is 0.143. The Labute approximate surface area is 116 Å². The molecule has 102 valence electrons. The zero-order valence-corrected chi connectivity index (χ0v) is 11.0. The number of carbonyl (C=O) groups excluding carboxylic acids is 1. The summed E-state index contributed by atoms with van der Waals surface area (Å²) in [7, 11) is 1.71. The molecule has 1 aromatic heterocycles. The number of hydrogen-bond donors (Lipinski definition) is 2. The van der Waals surface area contributed by atoms with Gasteiger partial charge in [-0.05, 0) is 12.1 Å². The molecule has 0 bridgehead atoms. The molecule has 6 nitrogen and oxygen atoms in total. The van der Waals surface area contributed by atoms with Crippen molar-refractivity contribution in [2.24, 2.45) is 12.9 Å². The first kappa shape index (κ1) is 13.6. The Morgan fingerprint density at radius 1 is 1.45 bits per heavy atom.